The summed E-state index contributed by atoms with van der Waals surface area (Å²) < 4.78 is 5.62. The van der Waals surface area contributed by atoms with Gasteiger partial charge in [0.05, 0.1) is 17.1 Å². The van der Waals surface area contributed by atoms with Crippen LogP contribution in [0.15, 0.2) is 83.4 Å². The second-order valence-electron chi connectivity index (χ2n) is 5.30. The van der Waals surface area contributed by atoms with Gasteiger partial charge in [-0.25, -0.2) is 15.0 Å². The van der Waals surface area contributed by atoms with E-state index >= 15 is 0 Å². The van der Waals surface area contributed by atoms with Gasteiger partial charge in [-0.3, -0.25) is 4.99 Å². The molecule has 0 unspecified atom stereocenters. The van der Waals surface area contributed by atoms with Crippen molar-refractivity contribution in [3.8, 4) is 5.75 Å². The number of rotatable bonds is 0. The molecule has 2 bridgehead atoms. The summed E-state index contributed by atoms with van der Waals surface area (Å²) in [6, 6.07) is 13.5. The molecule has 0 N–H and O–H groups in total. The molecule has 5 heteroatoms. The fourth-order valence-corrected chi connectivity index (χ4v) is 2.46. The van der Waals surface area contributed by atoms with Crippen molar-refractivity contribution < 1.29 is 4.74 Å². The standard InChI is InChI=1S/C20H14N4O/c1-2-6-18-15(5-1)9-11-21-10-3-4-12-25-16-7-8-19-17(13-16)20(24-18)23-14-22-19/h1-14H/b10-3-,12-4-,15-9-,21-11-,24-18-. The highest BCUT2D eigenvalue weighted by Gasteiger charge is 2.04. The Kier molecular flexibility index (Phi) is 4.12. The van der Waals surface area contributed by atoms with Crippen LogP contribution in [-0.4, -0.2) is 16.2 Å². The van der Waals surface area contributed by atoms with Crippen molar-refractivity contribution in [1.82, 2.24) is 9.97 Å². The molecular formula is C20H14N4O. The lowest BCUT2D eigenvalue weighted by atomic mass is 10.2. The van der Waals surface area contributed by atoms with Gasteiger partial charge in [-0.15, -0.1) is 0 Å². The third-order valence-corrected chi connectivity index (χ3v) is 3.65. The first-order valence-corrected chi connectivity index (χ1v) is 7.80. The molecule has 0 spiro atoms. The first-order valence-electron chi connectivity index (χ1n) is 7.80. The molecule has 0 atom stereocenters. The third kappa shape index (κ3) is 3.35. The minimum atomic E-state index is 0.602. The van der Waals surface area contributed by atoms with E-state index in [2.05, 4.69) is 15.0 Å². The van der Waals surface area contributed by atoms with Crippen LogP contribution in [0.5, 0.6) is 5.75 Å². The van der Waals surface area contributed by atoms with Crippen LogP contribution in [0, 0.1) is 0 Å². The van der Waals surface area contributed by atoms with Crippen LogP contribution in [0.4, 0.5) is 5.82 Å². The average Bonchev–Trinajstić information content (AvgIpc) is 2.65. The molecule has 0 saturated heterocycles. The summed E-state index contributed by atoms with van der Waals surface area (Å²) >= 11 is 0. The van der Waals surface area contributed by atoms with Gasteiger partial charge in [-0.05, 0) is 42.5 Å². The summed E-state index contributed by atoms with van der Waals surface area (Å²) in [5.41, 5.74) is 0.817. The number of aliphatic imine (C=N–C) groups is 1. The SMILES string of the molecule is C1=C\N=C/C=c2/cccc/c2=N/c2ncnc3ccc(cc23)O\C=C/1. The van der Waals surface area contributed by atoms with Gasteiger partial charge in [0.15, 0.2) is 5.82 Å². The molecule has 1 aromatic heterocycles. The molecule has 5 nitrogen and oxygen atoms in total. The Morgan fingerprint density at radius 2 is 1.88 bits per heavy atom. The molecule has 25 heavy (non-hydrogen) atoms. The van der Waals surface area contributed by atoms with Crippen molar-refractivity contribution in [2.24, 2.45) is 9.98 Å². The number of ether oxygens (including phenoxy) is 1. The number of hydrogen-bond acceptors (Lipinski definition) is 5. The van der Waals surface area contributed by atoms with Gasteiger partial charge in [0.25, 0.3) is 0 Å². The highest BCUT2D eigenvalue weighted by atomic mass is 16.5. The molecule has 2 aromatic carbocycles. The number of benzene rings is 2. The second kappa shape index (κ2) is 6.88. The molecule has 4 rings (SSSR count). The van der Waals surface area contributed by atoms with Crippen LogP contribution in [0.1, 0.15) is 0 Å². The summed E-state index contributed by atoms with van der Waals surface area (Å²) in [6.07, 6.45) is 12.0. The Morgan fingerprint density at radius 3 is 2.88 bits per heavy atom. The van der Waals surface area contributed by atoms with Gasteiger partial charge in [0.1, 0.15) is 12.1 Å². The molecule has 2 heterocycles. The minimum Gasteiger partial charge on any atom is -0.465 e. The van der Waals surface area contributed by atoms with Gasteiger partial charge in [0, 0.05) is 23.0 Å². The van der Waals surface area contributed by atoms with Crippen molar-refractivity contribution in [3.05, 3.63) is 84.0 Å². The molecule has 0 fully saturated rings. The maximum absolute atomic E-state index is 5.62. The largest absolute Gasteiger partial charge is 0.465 e. The van der Waals surface area contributed by atoms with Gasteiger partial charge in [0.2, 0.25) is 0 Å². The lowest BCUT2D eigenvalue weighted by molar-refractivity contribution is 0.482. The fourth-order valence-electron chi connectivity index (χ4n) is 2.46. The molecule has 0 amide bonds. The Morgan fingerprint density at radius 1 is 0.920 bits per heavy atom. The maximum atomic E-state index is 5.62. The zero-order valence-electron chi connectivity index (χ0n) is 13.3. The molecule has 0 radical (unpaired) electrons. The molecule has 0 aliphatic carbocycles. The van der Waals surface area contributed by atoms with Crippen molar-refractivity contribution in [3.63, 3.8) is 0 Å². The number of fused-ring (bicyclic) bond motifs is 2. The van der Waals surface area contributed by atoms with Gasteiger partial charge in [-0.2, -0.15) is 0 Å². The molecule has 1 aliphatic heterocycles. The predicted octanol–water partition coefficient (Wildman–Crippen LogP) is 2.85. The predicted molar refractivity (Wildman–Crippen MR) is 98.3 cm³/mol. The molecule has 3 aromatic rings. The summed E-state index contributed by atoms with van der Waals surface area (Å²) in [7, 11) is 0. The Hall–Kier alpha value is -3.60. The van der Waals surface area contributed by atoms with Crippen LogP contribution < -0.4 is 15.3 Å². The van der Waals surface area contributed by atoms with Crippen LogP contribution in [-0.2, 0) is 0 Å². The highest BCUT2D eigenvalue weighted by Crippen LogP contribution is 2.25. The van der Waals surface area contributed by atoms with E-state index in [-0.39, 0.29) is 0 Å². The Bertz CT molecular complexity index is 1130. The van der Waals surface area contributed by atoms with E-state index in [0.29, 0.717) is 11.6 Å². The van der Waals surface area contributed by atoms with Crippen LogP contribution in [0.3, 0.4) is 0 Å². The second-order valence-corrected chi connectivity index (χ2v) is 5.30. The van der Waals surface area contributed by atoms with E-state index in [4.69, 9.17) is 9.73 Å². The van der Waals surface area contributed by atoms with E-state index in [1.807, 2.05) is 48.5 Å². The molecule has 0 saturated carbocycles. The zero-order valence-corrected chi connectivity index (χ0v) is 13.3. The van der Waals surface area contributed by atoms with Crippen molar-refractivity contribution >= 4 is 29.0 Å². The molecule has 120 valence electrons. The van der Waals surface area contributed by atoms with Crippen LogP contribution >= 0.6 is 0 Å². The van der Waals surface area contributed by atoms with E-state index in [9.17, 15) is 0 Å². The fraction of sp³-hybridized carbons (Fsp3) is 0. The Labute approximate surface area is 144 Å². The van der Waals surface area contributed by atoms with E-state index < -0.39 is 0 Å². The number of nitrogens with zero attached hydrogens (tertiary/aromatic N) is 4. The lowest BCUT2D eigenvalue weighted by Gasteiger charge is -2.04. The first-order chi connectivity index (χ1) is 12.4. The number of hydrogen-bond donors (Lipinski definition) is 0. The van der Waals surface area contributed by atoms with Crippen molar-refractivity contribution in [1.29, 1.82) is 0 Å². The van der Waals surface area contributed by atoms with Gasteiger partial charge in [-0.1, -0.05) is 18.2 Å². The van der Waals surface area contributed by atoms with Crippen molar-refractivity contribution in [2.75, 3.05) is 0 Å². The molecule has 1 aliphatic rings. The minimum absolute atomic E-state index is 0.602. The van der Waals surface area contributed by atoms with Crippen molar-refractivity contribution in [2.45, 2.75) is 0 Å². The average molecular weight is 326 g/mol. The number of aromatic nitrogens is 2. The number of para-hydroxylation sites is 1. The maximum Gasteiger partial charge on any atom is 0.163 e. The summed E-state index contributed by atoms with van der Waals surface area (Å²) in [5.74, 6) is 1.30. The Balaban J connectivity index is 2.02. The topological polar surface area (TPSA) is 59.7 Å². The molecular weight excluding hydrogens is 312 g/mol. The van der Waals surface area contributed by atoms with Crippen LogP contribution in [0.2, 0.25) is 0 Å². The highest BCUT2D eigenvalue weighted by molar-refractivity contribution is 5.91. The summed E-state index contributed by atoms with van der Waals surface area (Å²) in [5, 5.41) is 2.61. The monoisotopic (exact) mass is 326 g/mol. The quantitative estimate of drug-likeness (QED) is 0.638. The lowest BCUT2D eigenvalue weighted by Crippen LogP contribution is -2.24. The van der Waals surface area contributed by atoms with E-state index in [1.54, 1.807) is 30.8 Å². The normalized spacial score (nSPS) is 19.8. The van der Waals surface area contributed by atoms with E-state index in [1.165, 1.54) is 6.33 Å². The van der Waals surface area contributed by atoms with E-state index in [0.717, 1.165) is 21.5 Å². The smallest absolute Gasteiger partial charge is 0.163 e. The number of allylic oxidation sites excluding steroid dienone is 2. The first kappa shape index (κ1) is 15.0. The third-order valence-electron chi connectivity index (χ3n) is 3.65. The van der Waals surface area contributed by atoms with Gasteiger partial charge >= 0.3 is 0 Å². The summed E-state index contributed by atoms with van der Waals surface area (Å²) in [6.45, 7) is 0. The summed E-state index contributed by atoms with van der Waals surface area (Å²) in [4.78, 5) is 17.6. The van der Waals surface area contributed by atoms with Crippen LogP contribution in [0.25, 0.3) is 17.0 Å². The van der Waals surface area contributed by atoms with Gasteiger partial charge < -0.3 is 4.74 Å². The zero-order chi connectivity index (χ0) is 16.9.